The predicted octanol–water partition coefficient (Wildman–Crippen LogP) is 0.932. The first-order valence-corrected chi connectivity index (χ1v) is 8.19. The van der Waals surface area contributed by atoms with Crippen molar-refractivity contribution in [1.29, 1.82) is 0 Å². The maximum atomic E-state index is 12.9. The second kappa shape index (κ2) is 8.29. The molecule has 0 aliphatic rings. The highest BCUT2D eigenvalue weighted by molar-refractivity contribution is 6.07. The molecule has 1 aromatic carbocycles. The number of nitrogens with zero attached hydrogens (tertiary/aromatic N) is 2. The van der Waals surface area contributed by atoms with Gasteiger partial charge in [-0.15, -0.1) is 0 Å². The number of benzene rings is 1. The van der Waals surface area contributed by atoms with Crippen molar-refractivity contribution in [3.63, 3.8) is 0 Å². The quantitative estimate of drug-likeness (QED) is 0.511. The zero-order valence-electron chi connectivity index (χ0n) is 14.5. The summed E-state index contributed by atoms with van der Waals surface area (Å²) >= 11 is 0. The third kappa shape index (κ3) is 3.48. The Morgan fingerprint density at radius 3 is 2.72 bits per heavy atom. The van der Waals surface area contributed by atoms with Gasteiger partial charge in [0.1, 0.15) is 5.39 Å². The number of fused-ring (bicyclic) bond motifs is 3. The van der Waals surface area contributed by atoms with Gasteiger partial charge in [0.2, 0.25) is 6.41 Å². The number of rotatable bonds is 5. The Balaban J connectivity index is 0.000000701. The lowest BCUT2D eigenvalue weighted by molar-refractivity contribution is -0.106. The minimum Gasteiger partial charge on any atom is -0.372 e. The van der Waals surface area contributed by atoms with E-state index in [9.17, 15) is 4.79 Å². The van der Waals surface area contributed by atoms with Gasteiger partial charge in [0, 0.05) is 19.0 Å². The maximum absolute atomic E-state index is 12.9. The Labute approximate surface area is 145 Å². The van der Waals surface area contributed by atoms with Crippen LogP contribution in [0.3, 0.4) is 0 Å². The highest BCUT2D eigenvalue weighted by Gasteiger charge is 2.16. The largest absolute Gasteiger partial charge is 0.372 e. The molecule has 134 valence electrons. The molecule has 1 amide bonds. The standard InChI is InChI=1S/C16H21N5O.CH3NO/c1-3-10-5-6-12-11(9-10)14-13(15(18-2)20-19-14)16(22)21(12)8-4-7-17;2-1-3/h5-6,9H,3-4,7-8,17H2,1-2H3,(H2,18,19,20);1H,(H2,2,3). The highest BCUT2D eigenvalue weighted by Crippen LogP contribution is 2.26. The topological polar surface area (TPSA) is 132 Å². The van der Waals surface area contributed by atoms with Crippen molar-refractivity contribution in [2.45, 2.75) is 26.3 Å². The monoisotopic (exact) mass is 344 g/mol. The molecule has 0 bridgehead atoms. The van der Waals surface area contributed by atoms with E-state index in [4.69, 9.17) is 10.5 Å². The summed E-state index contributed by atoms with van der Waals surface area (Å²) in [6.45, 7) is 3.29. The van der Waals surface area contributed by atoms with E-state index >= 15 is 0 Å². The van der Waals surface area contributed by atoms with Crippen LogP contribution < -0.4 is 22.3 Å². The van der Waals surface area contributed by atoms with Crippen molar-refractivity contribution >= 4 is 34.0 Å². The molecule has 2 heterocycles. The van der Waals surface area contributed by atoms with Gasteiger partial charge in [-0.05, 0) is 37.1 Å². The Hall–Kier alpha value is -2.87. The van der Waals surface area contributed by atoms with Crippen LogP contribution in [-0.4, -0.2) is 34.8 Å². The van der Waals surface area contributed by atoms with Gasteiger partial charge in [0.05, 0.1) is 11.0 Å². The number of H-pyrrole nitrogens is 1. The van der Waals surface area contributed by atoms with E-state index in [1.165, 1.54) is 5.56 Å². The number of primary amides is 1. The minimum absolute atomic E-state index is 0.0294. The molecule has 25 heavy (non-hydrogen) atoms. The number of hydrogen-bond donors (Lipinski definition) is 4. The number of anilines is 1. The fourth-order valence-corrected chi connectivity index (χ4v) is 2.88. The van der Waals surface area contributed by atoms with E-state index in [1.807, 2.05) is 6.07 Å². The molecule has 0 saturated heterocycles. The van der Waals surface area contributed by atoms with Crippen LogP contribution in [0.25, 0.3) is 21.8 Å². The zero-order chi connectivity index (χ0) is 18.4. The lowest BCUT2D eigenvalue weighted by atomic mass is 10.1. The van der Waals surface area contributed by atoms with E-state index in [2.05, 4.69) is 40.3 Å². The first-order valence-electron chi connectivity index (χ1n) is 8.19. The second-order valence-corrected chi connectivity index (χ2v) is 5.51. The molecule has 3 aromatic rings. The molecular weight excluding hydrogens is 320 g/mol. The van der Waals surface area contributed by atoms with Crippen LogP contribution in [0, 0.1) is 0 Å². The molecule has 0 atom stereocenters. The van der Waals surface area contributed by atoms with Crippen molar-refractivity contribution in [2.24, 2.45) is 11.5 Å². The maximum Gasteiger partial charge on any atom is 0.264 e. The number of nitrogens with one attached hydrogen (secondary N) is 2. The second-order valence-electron chi connectivity index (χ2n) is 5.51. The summed E-state index contributed by atoms with van der Waals surface area (Å²) < 4.78 is 1.81. The number of aromatic nitrogens is 3. The van der Waals surface area contributed by atoms with Gasteiger partial charge in [0.25, 0.3) is 5.56 Å². The van der Waals surface area contributed by atoms with E-state index in [0.717, 1.165) is 29.3 Å². The summed E-state index contributed by atoms with van der Waals surface area (Å²) in [6.07, 6.45) is 1.97. The number of amides is 1. The Morgan fingerprint density at radius 1 is 1.40 bits per heavy atom. The summed E-state index contributed by atoms with van der Waals surface area (Å²) in [5.41, 5.74) is 12.7. The number of hydrogen-bond acceptors (Lipinski definition) is 5. The smallest absolute Gasteiger partial charge is 0.264 e. The number of pyridine rings is 1. The number of nitrogens with two attached hydrogens (primary N) is 2. The van der Waals surface area contributed by atoms with Crippen LogP contribution in [0.1, 0.15) is 18.9 Å². The van der Waals surface area contributed by atoms with Crippen LogP contribution in [0.15, 0.2) is 23.0 Å². The third-order valence-electron chi connectivity index (χ3n) is 4.08. The van der Waals surface area contributed by atoms with Crippen molar-refractivity contribution in [1.82, 2.24) is 14.8 Å². The summed E-state index contributed by atoms with van der Waals surface area (Å²) in [4.78, 5) is 21.4. The number of aromatic amines is 1. The first-order chi connectivity index (χ1) is 12.1. The van der Waals surface area contributed by atoms with Gasteiger partial charge in [-0.3, -0.25) is 14.7 Å². The first kappa shape index (κ1) is 18.5. The molecular formula is C17H24N6O2. The molecule has 0 aliphatic heterocycles. The van der Waals surface area contributed by atoms with E-state index < -0.39 is 0 Å². The SMILES string of the molecule is CCc1ccc2c(c1)c1[nH]nc(NC)c1c(=O)n2CCCN.NC=O. The molecule has 0 aliphatic carbocycles. The van der Waals surface area contributed by atoms with Gasteiger partial charge in [-0.25, -0.2) is 0 Å². The molecule has 6 N–H and O–H groups in total. The van der Waals surface area contributed by atoms with Gasteiger partial charge in [0.15, 0.2) is 5.82 Å². The zero-order valence-corrected chi connectivity index (χ0v) is 14.5. The van der Waals surface area contributed by atoms with Gasteiger partial charge < -0.3 is 21.4 Å². The summed E-state index contributed by atoms with van der Waals surface area (Å²) in [6, 6.07) is 6.22. The van der Waals surface area contributed by atoms with Crippen LogP contribution in [-0.2, 0) is 17.8 Å². The van der Waals surface area contributed by atoms with Crippen molar-refractivity contribution in [3.8, 4) is 0 Å². The van der Waals surface area contributed by atoms with Crippen LogP contribution in [0.2, 0.25) is 0 Å². The molecule has 0 fully saturated rings. The number of carbonyl (C=O) groups excluding carboxylic acids is 1. The van der Waals surface area contributed by atoms with Crippen molar-refractivity contribution in [2.75, 3.05) is 18.9 Å². The van der Waals surface area contributed by atoms with Crippen LogP contribution in [0.4, 0.5) is 5.82 Å². The normalized spacial score (nSPS) is 10.5. The van der Waals surface area contributed by atoms with Gasteiger partial charge in [-0.1, -0.05) is 13.0 Å². The Bertz CT molecular complexity index is 928. The van der Waals surface area contributed by atoms with E-state index in [-0.39, 0.29) is 12.0 Å². The van der Waals surface area contributed by atoms with Gasteiger partial charge in [-0.2, -0.15) is 5.10 Å². The fourth-order valence-electron chi connectivity index (χ4n) is 2.88. The minimum atomic E-state index is -0.0294. The molecule has 0 radical (unpaired) electrons. The number of carbonyl (C=O) groups is 1. The molecule has 2 aromatic heterocycles. The molecule has 8 nitrogen and oxygen atoms in total. The molecule has 3 rings (SSSR count). The Morgan fingerprint density at radius 2 is 2.12 bits per heavy atom. The van der Waals surface area contributed by atoms with Crippen molar-refractivity contribution in [3.05, 3.63) is 34.1 Å². The fraction of sp³-hybridized carbons (Fsp3) is 0.353. The van der Waals surface area contributed by atoms with E-state index in [0.29, 0.717) is 24.3 Å². The van der Waals surface area contributed by atoms with Crippen molar-refractivity contribution < 1.29 is 4.79 Å². The lowest BCUT2D eigenvalue weighted by Gasteiger charge is -2.12. The number of aryl methyl sites for hydroxylation is 2. The molecule has 8 heteroatoms. The summed E-state index contributed by atoms with van der Waals surface area (Å²) in [5.74, 6) is 0.588. The van der Waals surface area contributed by atoms with Crippen LogP contribution in [0.5, 0.6) is 0 Å². The predicted molar refractivity (Wildman–Crippen MR) is 101 cm³/mol. The molecule has 0 spiro atoms. The molecule has 0 unspecified atom stereocenters. The third-order valence-corrected chi connectivity index (χ3v) is 4.08. The average Bonchev–Trinajstić information content (AvgIpc) is 3.06. The summed E-state index contributed by atoms with van der Waals surface area (Å²) in [5, 5.41) is 11.9. The summed E-state index contributed by atoms with van der Waals surface area (Å²) in [7, 11) is 1.77. The van der Waals surface area contributed by atoms with Crippen LogP contribution >= 0.6 is 0 Å². The van der Waals surface area contributed by atoms with E-state index in [1.54, 1.807) is 11.6 Å². The Kier molecular flexibility index (Phi) is 6.13. The average molecular weight is 344 g/mol. The molecule has 0 saturated carbocycles. The lowest BCUT2D eigenvalue weighted by Crippen LogP contribution is -2.22. The van der Waals surface area contributed by atoms with Gasteiger partial charge >= 0.3 is 0 Å². The highest BCUT2D eigenvalue weighted by atomic mass is 16.1.